The summed E-state index contributed by atoms with van der Waals surface area (Å²) in [5, 5.41) is 0.524. The number of likely N-dealkylation sites (tertiary alicyclic amines) is 1. The van der Waals surface area contributed by atoms with Gasteiger partial charge in [-0.3, -0.25) is 4.79 Å². The second-order valence-corrected chi connectivity index (χ2v) is 9.71. The number of amides is 1. The van der Waals surface area contributed by atoms with Gasteiger partial charge in [0.2, 0.25) is 5.91 Å². The number of fused-ring (bicyclic) bond motifs is 1. The van der Waals surface area contributed by atoms with Crippen molar-refractivity contribution in [3.63, 3.8) is 0 Å². The highest BCUT2D eigenvalue weighted by Crippen LogP contribution is 2.33. The monoisotopic (exact) mass is 484 g/mol. The van der Waals surface area contributed by atoms with Gasteiger partial charge < -0.3 is 24.3 Å². The average Bonchev–Trinajstić information content (AvgIpc) is 3.53. The second-order valence-electron chi connectivity index (χ2n) is 9.35. The van der Waals surface area contributed by atoms with E-state index in [9.17, 15) is 4.79 Å². The van der Waals surface area contributed by atoms with E-state index in [0.717, 1.165) is 82.0 Å². The van der Waals surface area contributed by atoms with E-state index in [1.807, 2.05) is 4.90 Å². The van der Waals surface area contributed by atoms with E-state index in [1.165, 1.54) is 5.69 Å². The van der Waals surface area contributed by atoms with Gasteiger partial charge in [0.05, 0.1) is 6.61 Å². The Hall–Kier alpha value is -2.42. The highest BCUT2D eigenvalue weighted by Gasteiger charge is 2.26. The number of carbonyl (C=O) groups is 1. The lowest BCUT2D eigenvalue weighted by molar-refractivity contribution is -0.134. The van der Waals surface area contributed by atoms with Crippen LogP contribution in [0.15, 0.2) is 24.3 Å². The SMILES string of the molecule is CN1CCN(c2ccc(-c3nc(Cl)c4c(n3)N(CCOCC(=O)N3CCCC3)CC4)cc2)CC1. The quantitative estimate of drug-likeness (QED) is 0.442. The summed E-state index contributed by atoms with van der Waals surface area (Å²) in [4.78, 5) is 30.5. The highest BCUT2D eigenvalue weighted by molar-refractivity contribution is 6.30. The van der Waals surface area contributed by atoms with Crippen LogP contribution >= 0.6 is 11.6 Å². The number of ether oxygens (including phenoxy) is 1. The van der Waals surface area contributed by atoms with Gasteiger partial charge in [-0.15, -0.1) is 0 Å². The van der Waals surface area contributed by atoms with Crippen molar-refractivity contribution in [1.82, 2.24) is 19.8 Å². The van der Waals surface area contributed by atoms with Crippen LogP contribution in [0.5, 0.6) is 0 Å². The Morgan fingerprint density at radius 3 is 2.47 bits per heavy atom. The number of nitrogens with zero attached hydrogens (tertiary/aromatic N) is 6. The predicted octanol–water partition coefficient (Wildman–Crippen LogP) is 2.55. The molecular weight excluding hydrogens is 452 g/mol. The second kappa shape index (κ2) is 10.5. The molecule has 2 saturated heterocycles. The lowest BCUT2D eigenvalue weighted by Gasteiger charge is -2.34. The fourth-order valence-electron chi connectivity index (χ4n) is 4.90. The lowest BCUT2D eigenvalue weighted by atomic mass is 10.1. The Bertz CT molecular complexity index is 1000. The minimum Gasteiger partial charge on any atom is -0.370 e. The first-order chi connectivity index (χ1) is 16.6. The van der Waals surface area contributed by atoms with E-state index in [0.29, 0.717) is 24.1 Å². The fourth-order valence-corrected chi connectivity index (χ4v) is 5.16. The Kier molecular flexibility index (Phi) is 7.18. The Balaban J connectivity index is 1.21. The number of benzene rings is 1. The molecular formula is C25H33ClN6O2. The van der Waals surface area contributed by atoms with Gasteiger partial charge in [0.15, 0.2) is 5.82 Å². The summed E-state index contributed by atoms with van der Waals surface area (Å²) in [6, 6.07) is 8.46. The number of rotatable bonds is 7. The Morgan fingerprint density at radius 1 is 1.00 bits per heavy atom. The van der Waals surface area contributed by atoms with Crippen molar-refractivity contribution in [2.24, 2.45) is 0 Å². The number of carbonyl (C=O) groups excluding carboxylic acids is 1. The third-order valence-corrected chi connectivity index (χ3v) is 7.36. The van der Waals surface area contributed by atoms with Crippen LogP contribution in [0.2, 0.25) is 5.15 Å². The van der Waals surface area contributed by atoms with Crippen molar-refractivity contribution >= 4 is 29.0 Å². The van der Waals surface area contributed by atoms with E-state index < -0.39 is 0 Å². The molecule has 5 rings (SSSR count). The maximum absolute atomic E-state index is 12.2. The van der Waals surface area contributed by atoms with E-state index in [-0.39, 0.29) is 12.5 Å². The number of halogens is 1. The molecule has 2 fully saturated rings. The van der Waals surface area contributed by atoms with Gasteiger partial charge in [-0.05, 0) is 50.6 Å². The third kappa shape index (κ3) is 5.14. The lowest BCUT2D eigenvalue weighted by Crippen LogP contribution is -2.44. The first-order valence-corrected chi connectivity index (χ1v) is 12.7. The van der Waals surface area contributed by atoms with Gasteiger partial charge in [0, 0.05) is 69.2 Å². The maximum Gasteiger partial charge on any atom is 0.248 e. The molecule has 1 amide bonds. The van der Waals surface area contributed by atoms with E-state index in [2.05, 4.69) is 51.0 Å². The molecule has 0 unspecified atom stereocenters. The van der Waals surface area contributed by atoms with Crippen LogP contribution in [0.3, 0.4) is 0 Å². The van der Waals surface area contributed by atoms with Crippen LogP contribution in [0.1, 0.15) is 18.4 Å². The molecule has 1 aromatic carbocycles. The van der Waals surface area contributed by atoms with E-state index >= 15 is 0 Å². The number of likely N-dealkylation sites (N-methyl/N-ethyl adjacent to an activating group) is 1. The average molecular weight is 485 g/mol. The molecule has 1 aromatic heterocycles. The summed E-state index contributed by atoms with van der Waals surface area (Å²) in [6.07, 6.45) is 3.01. The van der Waals surface area contributed by atoms with E-state index in [1.54, 1.807) is 0 Å². The molecule has 0 radical (unpaired) electrons. The van der Waals surface area contributed by atoms with Gasteiger partial charge in [-0.25, -0.2) is 9.97 Å². The third-order valence-electron chi connectivity index (χ3n) is 7.05. The number of anilines is 2. The summed E-state index contributed by atoms with van der Waals surface area (Å²) < 4.78 is 5.69. The molecule has 0 spiro atoms. The summed E-state index contributed by atoms with van der Waals surface area (Å²) in [5.41, 5.74) is 3.18. The summed E-state index contributed by atoms with van der Waals surface area (Å²) in [7, 11) is 2.17. The first kappa shape index (κ1) is 23.3. The molecule has 3 aliphatic rings. The number of piperazine rings is 1. The molecule has 0 N–H and O–H groups in total. The van der Waals surface area contributed by atoms with Crippen molar-refractivity contribution in [2.75, 3.05) is 82.4 Å². The molecule has 34 heavy (non-hydrogen) atoms. The predicted molar refractivity (Wildman–Crippen MR) is 135 cm³/mol. The van der Waals surface area contributed by atoms with Crippen molar-refractivity contribution in [2.45, 2.75) is 19.3 Å². The van der Waals surface area contributed by atoms with Crippen molar-refractivity contribution in [3.05, 3.63) is 35.0 Å². The molecule has 0 aliphatic carbocycles. The number of hydrogen-bond acceptors (Lipinski definition) is 7. The highest BCUT2D eigenvalue weighted by atomic mass is 35.5. The summed E-state index contributed by atoms with van der Waals surface area (Å²) in [6.45, 7) is 8.09. The molecule has 8 nitrogen and oxygen atoms in total. The van der Waals surface area contributed by atoms with Crippen LogP contribution in [0.25, 0.3) is 11.4 Å². The normalized spacial score (nSPS) is 18.6. The molecule has 0 saturated carbocycles. The summed E-state index contributed by atoms with van der Waals surface area (Å²) >= 11 is 6.56. The van der Waals surface area contributed by atoms with Gasteiger partial charge in [0.25, 0.3) is 0 Å². The molecule has 3 aliphatic heterocycles. The maximum atomic E-state index is 12.2. The van der Waals surface area contributed by atoms with Crippen LogP contribution in [0.4, 0.5) is 11.5 Å². The zero-order valence-electron chi connectivity index (χ0n) is 19.9. The summed E-state index contributed by atoms with van der Waals surface area (Å²) in [5.74, 6) is 1.62. The first-order valence-electron chi connectivity index (χ1n) is 12.3. The Morgan fingerprint density at radius 2 is 1.74 bits per heavy atom. The van der Waals surface area contributed by atoms with Crippen LogP contribution in [-0.4, -0.2) is 98.3 Å². The van der Waals surface area contributed by atoms with E-state index in [4.69, 9.17) is 21.3 Å². The number of aromatic nitrogens is 2. The minimum atomic E-state index is 0.0898. The van der Waals surface area contributed by atoms with Crippen molar-refractivity contribution in [1.29, 1.82) is 0 Å². The zero-order valence-corrected chi connectivity index (χ0v) is 20.6. The van der Waals surface area contributed by atoms with Gasteiger partial charge in [-0.1, -0.05) is 11.6 Å². The number of hydrogen-bond donors (Lipinski definition) is 0. The molecule has 2 aromatic rings. The molecule has 4 heterocycles. The topological polar surface area (TPSA) is 65.0 Å². The smallest absolute Gasteiger partial charge is 0.248 e. The fraction of sp³-hybridized carbons (Fsp3) is 0.560. The van der Waals surface area contributed by atoms with Crippen molar-refractivity contribution < 1.29 is 9.53 Å². The molecule has 0 bridgehead atoms. The van der Waals surface area contributed by atoms with Gasteiger partial charge in [0.1, 0.15) is 17.6 Å². The molecule has 182 valence electrons. The van der Waals surface area contributed by atoms with Crippen LogP contribution in [-0.2, 0) is 16.0 Å². The molecule has 0 atom stereocenters. The van der Waals surface area contributed by atoms with Gasteiger partial charge in [-0.2, -0.15) is 0 Å². The van der Waals surface area contributed by atoms with Crippen LogP contribution < -0.4 is 9.80 Å². The molecule has 9 heteroatoms. The standard InChI is InChI=1S/C25H33ClN6O2/c1-29-12-14-30(15-13-29)20-6-4-19(5-7-20)24-27-23(26)21-8-11-32(25(21)28-24)16-17-34-18-22(33)31-9-2-3-10-31/h4-7H,2-3,8-18H2,1H3. The van der Waals surface area contributed by atoms with Gasteiger partial charge >= 0.3 is 0 Å². The Labute approximate surface area is 206 Å². The van der Waals surface area contributed by atoms with Crippen molar-refractivity contribution in [3.8, 4) is 11.4 Å². The minimum absolute atomic E-state index is 0.0898. The largest absolute Gasteiger partial charge is 0.370 e. The zero-order chi connectivity index (χ0) is 23.5. The van der Waals surface area contributed by atoms with Crippen LogP contribution in [0, 0.1) is 0 Å².